The minimum Gasteiger partial charge on any atom is -0.465 e. The fraction of sp³-hybridized carbons (Fsp3) is 0.944. The molecule has 4 heteroatoms. The fourth-order valence-electron chi connectivity index (χ4n) is 3.26. The summed E-state index contributed by atoms with van der Waals surface area (Å²) in [6.45, 7) is 6.00. The van der Waals surface area contributed by atoms with Crippen molar-refractivity contribution < 1.29 is 9.90 Å². The van der Waals surface area contributed by atoms with E-state index in [2.05, 4.69) is 12.2 Å². The molecule has 0 radical (unpaired) electrons. The Kier molecular flexibility index (Phi) is 11.2. The molecule has 0 spiro atoms. The maximum atomic E-state index is 10.8. The standard InChI is InChI=1S/C18H36N2O2/c1-2-3-4-5-6-7-8-13-19-14-9-10-17-11-15-20(16-12-17)18(21)22/h17,19H,2-16H2,1H3,(H,21,22). The molecule has 0 aliphatic carbocycles. The normalized spacial score (nSPS) is 16.1. The highest BCUT2D eigenvalue weighted by Gasteiger charge is 2.21. The summed E-state index contributed by atoms with van der Waals surface area (Å²) in [5, 5.41) is 12.5. The van der Waals surface area contributed by atoms with Gasteiger partial charge in [-0.3, -0.25) is 0 Å². The van der Waals surface area contributed by atoms with Gasteiger partial charge in [0.1, 0.15) is 0 Å². The zero-order valence-corrected chi connectivity index (χ0v) is 14.5. The third-order valence-corrected chi connectivity index (χ3v) is 4.81. The zero-order valence-electron chi connectivity index (χ0n) is 14.5. The van der Waals surface area contributed by atoms with Crippen LogP contribution in [-0.2, 0) is 0 Å². The summed E-state index contributed by atoms with van der Waals surface area (Å²) in [5.74, 6) is 0.732. The van der Waals surface area contributed by atoms with Gasteiger partial charge < -0.3 is 15.3 Å². The molecule has 0 unspecified atom stereocenters. The van der Waals surface area contributed by atoms with Crippen LogP contribution in [0.4, 0.5) is 4.79 Å². The van der Waals surface area contributed by atoms with Crippen molar-refractivity contribution in [2.75, 3.05) is 26.2 Å². The van der Waals surface area contributed by atoms with Gasteiger partial charge in [0, 0.05) is 13.1 Å². The van der Waals surface area contributed by atoms with Crippen LogP contribution in [0.1, 0.15) is 77.6 Å². The molecule has 4 nitrogen and oxygen atoms in total. The van der Waals surface area contributed by atoms with Gasteiger partial charge in [-0.15, -0.1) is 0 Å². The van der Waals surface area contributed by atoms with Gasteiger partial charge >= 0.3 is 6.09 Å². The van der Waals surface area contributed by atoms with Crippen molar-refractivity contribution in [3.05, 3.63) is 0 Å². The molecule has 1 aliphatic rings. The lowest BCUT2D eigenvalue weighted by Crippen LogP contribution is -2.37. The van der Waals surface area contributed by atoms with Crippen LogP contribution in [0.5, 0.6) is 0 Å². The lowest BCUT2D eigenvalue weighted by Gasteiger charge is -2.29. The van der Waals surface area contributed by atoms with E-state index in [9.17, 15) is 4.79 Å². The number of carboxylic acid groups (broad SMARTS) is 1. The summed E-state index contributed by atoms with van der Waals surface area (Å²) in [6.07, 6.45) is 13.4. The highest BCUT2D eigenvalue weighted by molar-refractivity contribution is 5.64. The molecule has 0 aromatic rings. The molecule has 1 rings (SSSR count). The number of nitrogens with one attached hydrogen (secondary N) is 1. The summed E-state index contributed by atoms with van der Waals surface area (Å²) in [5.41, 5.74) is 0. The lowest BCUT2D eigenvalue weighted by atomic mass is 9.92. The van der Waals surface area contributed by atoms with Crippen LogP contribution in [0, 0.1) is 5.92 Å². The van der Waals surface area contributed by atoms with Crippen LogP contribution in [0.2, 0.25) is 0 Å². The number of hydrogen-bond donors (Lipinski definition) is 2. The summed E-state index contributed by atoms with van der Waals surface area (Å²) in [4.78, 5) is 12.4. The molecule has 22 heavy (non-hydrogen) atoms. The van der Waals surface area contributed by atoms with E-state index in [1.165, 1.54) is 57.8 Å². The second kappa shape index (κ2) is 12.7. The SMILES string of the molecule is CCCCCCCCCNCCCC1CCN(C(=O)O)CC1. The number of hydrogen-bond acceptors (Lipinski definition) is 2. The average molecular weight is 312 g/mol. The Labute approximate surface area is 136 Å². The quantitative estimate of drug-likeness (QED) is 0.522. The maximum absolute atomic E-state index is 10.8. The number of amides is 1. The first-order chi connectivity index (χ1) is 10.7. The van der Waals surface area contributed by atoms with E-state index in [1.54, 1.807) is 4.90 Å². The number of nitrogens with zero attached hydrogens (tertiary/aromatic N) is 1. The van der Waals surface area contributed by atoms with E-state index in [1.807, 2.05) is 0 Å². The lowest BCUT2D eigenvalue weighted by molar-refractivity contribution is 0.123. The number of likely N-dealkylation sites (tertiary alicyclic amines) is 1. The monoisotopic (exact) mass is 312 g/mol. The Bertz CT molecular complexity index is 276. The second-order valence-corrected chi connectivity index (χ2v) is 6.73. The Morgan fingerprint density at radius 1 is 1.00 bits per heavy atom. The largest absolute Gasteiger partial charge is 0.465 e. The molecule has 0 atom stereocenters. The Balaban J connectivity index is 1.81. The highest BCUT2D eigenvalue weighted by Crippen LogP contribution is 2.21. The molecular formula is C18H36N2O2. The summed E-state index contributed by atoms with van der Waals surface area (Å²) < 4.78 is 0. The molecule has 1 amide bonds. The molecule has 130 valence electrons. The van der Waals surface area contributed by atoms with E-state index in [4.69, 9.17) is 5.11 Å². The van der Waals surface area contributed by atoms with Gasteiger partial charge in [-0.05, 0) is 51.1 Å². The maximum Gasteiger partial charge on any atom is 0.407 e. The van der Waals surface area contributed by atoms with Crippen LogP contribution in [0.15, 0.2) is 0 Å². The van der Waals surface area contributed by atoms with Gasteiger partial charge in [0.25, 0.3) is 0 Å². The Hall–Kier alpha value is -0.770. The fourth-order valence-corrected chi connectivity index (χ4v) is 3.26. The number of piperidine rings is 1. The summed E-state index contributed by atoms with van der Waals surface area (Å²) in [7, 11) is 0. The molecular weight excluding hydrogens is 276 g/mol. The molecule has 0 saturated carbocycles. The van der Waals surface area contributed by atoms with Gasteiger partial charge in [0.15, 0.2) is 0 Å². The van der Waals surface area contributed by atoms with E-state index in [0.29, 0.717) is 0 Å². The molecule has 1 heterocycles. The van der Waals surface area contributed by atoms with Crippen LogP contribution >= 0.6 is 0 Å². The number of rotatable bonds is 12. The Morgan fingerprint density at radius 2 is 1.59 bits per heavy atom. The molecule has 1 fully saturated rings. The smallest absolute Gasteiger partial charge is 0.407 e. The third-order valence-electron chi connectivity index (χ3n) is 4.81. The van der Waals surface area contributed by atoms with Gasteiger partial charge in [0.05, 0.1) is 0 Å². The highest BCUT2D eigenvalue weighted by atomic mass is 16.4. The first kappa shape index (κ1) is 19.3. The second-order valence-electron chi connectivity index (χ2n) is 6.73. The van der Waals surface area contributed by atoms with E-state index in [-0.39, 0.29) is 0 Å². The van der Waals surface area contributed by atoms with Crippen molar-refractivity contribution in [3.63, 3.8) is 0 Å². The predicted octanol–water partition coefficient (Wildman–Crippen LogP) is 4.50. The van der Waals surface area contributed by atoms with Crippen molar-refractivity contribution in [3.8, 4) is 0 Å². The van der Waals surface area contributed by atoms with Gasteiger partial charge in [-0.25, -0.2) is 4.79 Å². The molecule has 0 aromatic heterocycles. The van der Waals surface area contributed by atoms with Crippen molar-refractivity contribution >= 4 is 6.09 Å². The first-order valence-corrected chi connectivity index (χ1v) is 9.42. The van der Waals surface area contributed by atoms with Crippen molar-refractivity contribution in [2.24, 2.45) is 5.92 Å². The van der Waals surface area contributed by atoms with Crippen LogP contribution in [0.3, 0.4) is 0 Å². The Morgan fingerprint density at radius 3 is 2.23 bits per heavy atom. The molecule has 1 aliphatic heterocycles. The van der Waals surface area contributed by atoms with Gasteiger partial charge in [0.2, 0.25) is 0 Å². The third kappa shape index (κ3) is 9.29. The van der Waals surface area contributed by atoms with Gasteiger partial charge in [-0.2, -0.15) is 0 Å². The summed E-state index contributed by atoms with van der Waals surface area (Å²) >= 11 is 0. The zero-order chi connectivity index (χ0) is 16.0. The van der Waals surface area contributed by atoms with Crippen LogP contribution in [-0.4, -0.2) is 42.3 Å². The van der Waals surface area contributed by atoms with Crippen molar-refractivity contribution in [1.29, 1.82) is 0 Å². The van der Waals surface area contributed by atoms with Crippen LogP contribution < -0.4 is 5.32 Å². The van der Waals surface area contributed by atoms with Crippen molar-refractivity contribution in [2.45, 2.75) is 77.6 Å². The van der Waals surface area contributed by atoms with Crippen molar-refractivity contribution in [1.82, 2.24) is 10.2 Å². The molecule has 2 N–H and O–H groups in total. The van der Waals surface area contributed by atoms with Crippen LogP contribution in [0.25, 0.3) is 0 Å². The van der Waals surface area contributed by atoms with E-state index < -0.39 is 6.09 Å². The molecule has 0 aromatic carbocycles. The molecule has 0 bridgehead atoms. The summed E-state index contributed by atoms with van der Waals surface area (Å²) in [6, 6.07) is 0. The number of carbonyl (C=O) groups is 1. The minimum absolute atomic E-state index is 0.728. The van der Waals surface area contributed by atoms with E-state index in [0.717, 1.165) is 44.9 Å². The number of unbranched alkanes of at least 4 members (excludes halogenated alkanes) is 6. The average Bonchev–Trinajstić information content (AvgIpc) is 2.53. The first-order valence-electron chi connectivity index (χ1n) is 9.42. The predicted molar refractivity (Wildman–Crippen MR) is 92.4 cm³/mol. The molecule has 1 saturated heterocycles. The topological polar surface area (TPSA) is 52.6 Å². The minimum atomic E-state index is -0.755. The van der Waals surface area contributed by atoms with Gasteiger partial charge in [-0.1, -0.05) is 45.4 Å². The van der Waals surface area contributed by atoms with E-state index >= 15 is 0 Å².